The third-order valence-corrected chi connectivity index (χ3v) is 10.0. The molecule has 0 radical (unpaired) electrons. The number of carbonyl (C=O) groups is 1. The number of aliphatic hydroxyl groups is 1. The summed E-state index contributed by atoms with van der Waals surface area (Å²) in [5.74, 6) is -0.453. The fourth-order valence-corrected chi connectivity index (χ4v) is 7.27. The molecule has 6 nitrogen and oxygen atoms in total. The normalized spacial score (nSPS) is 22.9. The summed E-state index contributed by atoms with van der Waals surface area (Å²) in [6.45, 7) is 5.05. The number of alkyl halides is 3. The SMILES string of the molecule is CC(C)Oc1cc(C(F)(F)F)ccc1C1(C(=O)c2ccc(CN3CCCCC3CO)cc2)NC(c2ccc(Cl)cc2)C(c2ccc(Cl)cc2)N1. The number of rotatable bonds is 10. The molecule has 2 fully saturated rings. The molecule has 2 saturated heterocycles. The molecule has 0 aromatic heterocycles. The van der Waals surface area contributed by atoms with Gasteiger partial charge >= 0.3 is 6.18 Å². The Morgan fingerprint density at radius 3 is 2.00 bits per heavy atom. The minimum atomic E-state index is -4.63. The lowest BCUT2D eigenvalue weighted by molar-refractivity contribution is -0.137. The summed E-state index contributed by atoms with van der Waals surface area (Å²) in [6.07, 6.45) is -2.04. The van der Waals surface area contributed by atoms with E-state index >= 15 is 4.79 Å². The third kappa shape index (κ3) is 7.73. The summed E-state index contributed by atoms with van der Waals surface area (Å²) >= 11 is 12.5. The van der Waals surface area contributed by atoms with E-state index in [-0.39, 0.29) is 29.7 Å². The molecule has 264 valence electrons. The van der Waals surface area contributed by atoms with Gasteiger partial charge in [-0.25, -0.2) is 0 Å². The number of piperidine rings is 1. The van der Waals surface area contributed by atoms with Gasteiger partial charge in [-0.05, 0) is 86.3 Å². The number of Topliss-reactive ketones (excluding diaryl/α,β-unsaturated/α-hetero) is 1. The van der Waals surface area contributed by atoms with Gasteiger partial charge in [0, 0.05) is 33.8 Å². The molecule has 4 aromatic rings. The van der Waals surface area contributed by atoms with E-state index in [4.69, 9.17) is 27.9 Å². The molecule has 3 atom stereocenters. The summed E-state index contributed by atoms with van der Waals surface area (Å²) < 4.78 is 48.1. The molecule has 2 heterocycles. The maximum atomic E-state index is 15.1. The molecule has 2 aliphatic heterocycles. The molecule has 50 heavy (non-hydrogen) atoms. The van der Waals surface area contributed by atoms with Gasteiger partial charge in [0.1, 0.15) is 5.75 Å². The zero-order valence-corrected chi connectivity index (χ0v) is 29.3. The highest BCUT2D eigenvalue weighted by Gasteiger charge is 2.53. The molecule has 3 unspecified atom stereocenters. The van der Waals surface area contributed by atoms with E-state index < -0.39 is 35.6 Å². The van der Waals surface area contributed by atoms with E-state index in [0.29, 0.717) is 22.2 Å². The lowest BCUT2D eigenvalue weighted by Gasteiger charge is -2.34. The molecule has 0 spiro atoms. The number of ketones is 1. The monoisotopic (exact) mass is 725 g/mol. The average molecular weight is 727 g/mol. The second kappa shape index (κ2) is 15.0. The van der Waals surface area contributed by atoms with Crippen LogP contribution in [-0.2, 0) is 18.4 Å². The van der Waals surface area contributed by atoms with Crippen molar-refractivity contribution in [2.24, 2.45) is 0 Å². The van der Waals surface area contributed by atoms with Crippen molar-refractivity contribution in [3.8, 4) is 5.75 Å². The molecular weight excluding hydrogens is 686 g/mol. The van der Waals surface area contributed by atoms with Crippen molar-refractivity contribution < 1.29 is 27.8 Å². The predicted octanol–water partition coefficient (Wildman–Crippen LogP) is 8.86. The van der Waals surface area contributed by atoms with Crippen molar-refractivity contribution in [1.82, 2.24) is 15.5 Å². The van der Waals surface area contributed by atoms with Gasteiger partial charge in [-0.3, -0.25) is 20.3 Å². The number of hydrogen-bond donors (Lipinski definition) is 3. The van der Waals surface area contributed by atoms with Crippen molar-refractivity contribution in [2.45, 2.75) is 75.7 Å². The van der Waals surface area contributed by atoms with Gasteiger partial charge in [0.2, 0.25) is 5.78 Å². The Balaban J connectivity index is 1.48. The highest BCUT2D eigenvalue weighted by atomic mass is 35.5. The number of nitrogens with one attached hydrogen (secondary N) is 2. The lowest BCUT2D eigenvalue weighted by Crippen LogP contribution is -2.53. The van der Waals surface area contributed by atoms with E-state index in [2.05, 4.69) is 15.5 Å². The summed E-state index contributed by atoms with van der Waals surface area (Å²) in [7, 11) is 0. The fraction of sp³-hybridized carbons (Fsp3) is 0.359. The van der Waals surface area contributed by atoms with Gasteiger partial charge in [0.05, 0.1) is 30.4 Å². The number of likely N-dealkylation sites (tertiary alicyclic amines) is 1. The number of carbonyl (C=O) groups excluding carboxylic acids is 1. The van der Waals surface area contributed by atoms with Gasteiger partial charge in [-0.15, -0.1) is 0 Å². The van der Waals surface area contributed by atoms with Crippen LogP contribution in [0.2, 0.25) is 10.0 Å². The number of halogens is 5. The molecule has 0 bridgehead atoms. The lowest BCUT2D eigenvalue weighted by atomic mass is 9.88. The molecule has 4 aromatic carbocycles. The van der Waals surface area contributed by atoms with Crippen LogP contribution in [0.25, 0.3) is 0 Å². The average Bonchev–Trinajstić information content (AvgIpc) is 3.50. The number of hydrogen-bond acceptors (Lipinski definition) is 6. The van der Waals surface area contributed by atoms with Crippen LogP contribution >= 0.6 is 23.2 Å². The first-order chi connectivity index (χ1) is 23.9. The molecule has 0 amide bonds. The van der Waals surface area contributed by atoms with Crippen LogP contribution in [0.5, 0.6) is 5.75 Å². The van der Waals surface area contributed by atoms with Gasteiger partial charge in [0.25, 0.3) is 0 Å². The van der Waals surface area contributed by atoms with Crippen molar-refractivity contribution >= 4 is 29.0 Å². The van der Waals surface area contributed by atoms with E-state index in [0.717, 1.165) is 54.6 Å². The van der Waals surface area contributed by atoms with Gasteiger partial charge < -0.3 is 9.84 Å². The summed E-state index contributed by atoms with van der Waals surface area (Å²) in [5, 5.41) is 18.1. The molecule has 0 aliphatic carbocycles. The van der Waals surface area contributed by atoms with Crippen LogP contribution in [0.4, 0.5) is 13.2 Å². The largest absolute Gasteiger partial charge is 0.491 e. The van der Waals surface area contributed by atoms with Crippen LogP contribution < -0.4 is 15.4 Å². The Labute approximate surface area is 300 Å². The van der Waals surface area contributed by atoms with Crippen LogP contribution in [-0.4, -0.2) is 41.1 Å². The smallest absolute Gasteiger partial charge is 0.416 e. The Bertz CT molecular complexity index is 1730. The highest BCUT2D eigenvalue weighted by molar-refractivity contribution is 6.30. The second-order valence-corrected chi connectivity index (χ2v) is 14.2. The number of aliphatic hydroxyl groups excluding tert-OH is 1. The van der Waals surface area contributed by atoms with Gasteiger partial charge in [-0.2, -0.15) is 13.2 Å². The van der Waals surface area contributed by atoms with Crippen molar-refractivity contribution in [2.75, 3.05) is 13.2 Å². The minimum Gasteiger partial charge on any atom is -0.491 e. The zero-order chi connectivity index (χ0) is 35.6. The van der Waals surface area contributed by atoms with Crippen molar-refractivity contribution in [3.63, 3.8) is 0 Å². The molecule has 0 saturated carbocycles. The molecule has 3 N–H and O–H groups in total. The minimum absolute atomic E-state index is 0.0634. The fourth-order valence-electron chi connectivity index (χ4n) is 7.02. The van der Waals surface area contributed by atoms with Crippen LogP contribution in [0, 0.1) is 0 Å². The van der Waals surface area contributed by atoms with E-state index in [1.54, 1.807) is 50.2 Å². The maximum absolute atomic E-state index is 15.1. The molecule has 6 rings (SSSR count). The Kier molecular flexibility index (Phi) is 10.9. The first-order valence-corrected chi connectivity index (χ1v) is 17.6. The number of nitrogens with zero attached hydrogens (tertiary/aromatic N) is 1. The third-order valence-electron chi connectivity index (χ3n) is 9.51. The van der Waals surface area contributed by atoms with Crippen LogP contribution in [0.1, 0.15) is 83.4 Å². The quantitative estimate of drug-likeness (QED) is 0.142. The molecule has 11 heteroatoms. The van der Waals surface area contributed by atoms with Crippen molar-refractivity contribution in [1.29, 1.82) is 0 Å². The van der Waals surface area contributed by atoms with Gasteiger partial charge in [0.15, 0.2) is 5.66 Å². The highest BCUT2D eigenvalue weighted by Crippen LogP contribution is 2.46. The van der Waals surface area contributed by atoms with E-state index in [1.165, 1.54) is 6.07 Å². The van der Waals surface area contributed by atoms with Crippen molar-refractivity contribution in [3.05, 3.63) is 134 Å². The first kappa shape index (κ1) is 36.4. The topological polar surface area (TPSA) is 73.8 Å². The Hall–Kier alpha value is -3.44. The number of ether oxygens (including phenoxy) is 1. The number of benzene rings is 4. The summed E-state index contributed by atoms with van der Waals surface area (Å²) in [4.78, 5) is 17.3. The van der Waals surface area contributed by atoms with E-state index in [9.17, 15) is 18.3 Å². The summed E-state index contributed by atoms with van der Waals surface area (Å²) in [5.41, 5.74) is 0.578. The maximum Gasteiger partial charge on any atom is 0.416 e. The Morgan fingerprint density at radius 2 is 1.48 bits per heavy atom. The van der Waals surface area contributed by atoms with Crippen LogP contribution in [0.3, 0.4) is 0 Å². The Morgan fingerprint density at radius 1 is 0.900 bits per heavy atom. The standard InChI is InChI=1S/C39H40Cl2F3N3O3/c1-24(2)50-34-21-29(39(42,43)44)14-19-33(34)38(37(49)28-8-6-25(7-9-28)22-47-20-4-3-5-32(47)23-48)45-35(26-10-15-30(40)16-11-26)36(46-38)27-12-17-31(41)18-13-27/h6-19,21,24,32,35-36,45-46,48H,3-5,20,22-23H2,1-2H3. The second-order valence-electron chi connectivity index (χ2n) is 13.3. The molecule has 2 aliphatic rings. The van der Waals surface area contributed by atoms with Gasteiger partial charge in [-0.1, -0.05) is 84.2 Å². The first-order valence-electron chi connectivity index (χ1n) is 16.8. The summed E-state index contributed by atoms with van der Waals surface area (Å²) in [6, 6.07) is 24.0. The van der Waals surface area contributed by atoms with Crippen LogP contribution in [0.15, 0.2) is 91.0 Å². The molecular formula is C39H40Cl2F3N3O3. The zero-order valence-electron chi connectivity index (χ0n) is 27.8. The predicted molar refractivity (Wildman–Crippen MR) is 189 cm³/mol. The van der Waals surface area contributed by atoms with E-state index in [1.807, 2.05) is 36.4 Å².